The molecule has 2 amide bonds. The molecule has 4 rings (SSSR count). The number of piperazine rings is 1. The smallest absolute Gasteiger partial charge is 0.252 e. The summed E-state index contributed by atoms with van der Waals surface area (Å²) in [4.78, 5) is 29.8. The van der Waals surface area contributed by atoms with Crippen molar-refractivity contribution in [3.05, 3.63) is 0 Å². The molecule has 0 aromatic rings. The standard InChI is InChI=1S/C22H37N3O3/c1-15-14-24(22(27)21-9-6-12-28-21)20-13-18(23-17-7-4-3-5-8-17)10-11-19(20)25(15)16(2)26/h15,17-21,23H,3-14H2,1-2H3/t15-,18?,19?,20?,21?/m0/s1. The van der Waals surface area contributed by atoms with Gasteiger partial charge in [-0.3, -0.25) is 9.59 Å². The highest BCUT2D eigenvalue weighted by atomic mass is 16.5. The van der Waals surface area contributed by atoms with E-state index in [0.29, 0.717) is 25.2 Å². The van der Waals surface area contributed by atoms with Gasteiger partial charge in [0.05, 0.1) is 12.1 Å². The summed E-state index contributed by atoms with van der Waals surface area (Å²) in [7, 11) is 0. The lowest BCUT2D eigenvalue weighted by Crippen LogP contribution is -2.69. The molecule has 0 aromatic heterocycles. The van der Waals surface area contributed by atoms with Crippen LogP contribution in [0.5, 0.6) is 0 Å². The zero-order valence-electron chi connectivity index (χ0n) is 17.6. The van der Waals surface area contributed by atoms with E-state index < -0.39 is 0 Å². The fourth-order valence-electron chi connectivity index (χ4n) is 6.13. The Hall–Kier alpha value is -1.14. The van der Waals surface area contributed by atoms with E-state index in [1.807, 2.05) is 0 Å². The van der Waals surface area contributed by atoms with Gasteiger partial charge in [-0.05, 0) is 51.9 Å². The molecule has 6 heteroatoms. The summed E-state index contributed by atoms with van der Waals surface area (Å²) in [6.45, 7) is 5.09. The molecular weight excluding hydrogens is 354 g/mol. The summed E-state index contributed by atoms with van der Waals surface area (Å²) in [6, 6.07) is 1.42. The van der Waals surface area contributed by atoms with E-state index in [2.05, 4.69) is 22.0 Å². The molecule has 4 aliphatic rings. The summed E-state index contributed by atoms with van der Waals surface area (Å²) in [5.41, 5.74) is 0. The second-order valence-electron chi connectivity index (χ2n) is 9.41. The second kappa shape index (κ2) is 8.70. The van der Waals surface area contributed by atoms with Crippen LogP contribution in [0.1, 0.15) is 78.1 Å². The number of ether oxygens (including phenoxy) is 1. The average Bonchev–Trinajstić information content (AvgIpc) is 3.22. The van der Waals surface area contributed by atoms with Crippen molar-refractivity contribution in [1.29, 1.82) is 0 Å². The topological polar surface area (TPSA) is 61.9 Å². The Bertz CT molecular complexity index is 571. The minimum Gasteiger partial charge on any atom is -0.368 e. The van der Waals surface area contributed by atoms with Gasteiger partial charge in [0.1, 0.15) is 6.10 Å². The van der Waals surface area contributed by atoms with Crippen LogP contribution in [0.15, 0.2) is 0 Å². The summed E-state index contributed by atoms with van der Waals surface area (Å²) >= 11 is 0. The molecular formula is C22H37N3O3. The van der Waals surface area contributed by atoms with Gasteiger partial charge >= 0.3 is 0 Å². The first-order valence-electron chi connectivity index (χ1n) is 11.5. The first-order chi connectivity index (χ1) is 13.5. The molecule has 2 heterocycles. The first kappa shape index (κ1) is 20.1. The van der Waals surface area contributed by atoms with E-state index >= 15 is 0 Å². The van der Waals surface area contributed by atoms with E-state index in [1.54, 1.807) is 6.92 Å². The fourth-order valence-corrected chi connectivity index (χ4v) is 6.13. The Morgan fingerprint density at radius 3 is 2.39 bits per heavy atom. The van der Waals surface area contributed by atoms with Crippen molar-refractivity contribution in [1.82, 2.24) is 15.1 Å². The van der Waals surface area contributed by atoms with Gasteiger partial charge in [-0.15, -0.1) is 0 Å². The number of fused-ring (bicyclic) bond motifs is 1. The van der Waals surface area contributed by atoms with Gasteiger partial charge < -0.3 is 19.9 Å². The SMILES string of the molecule is CC(=O)N1C2CCC(NC3CCCCC3)CC2N(C(=O)C2CCCO2)C[C@@H]1C. The number of nitrogens with zero attached hydrogens (tertiary/aromatic N) is 2. The second-order valence-corrected chi connectivity index (χ2v) is 9.41. The minimum atomic E-state index is -0.275. The van der Waals surface area contributed by atoms with E-state index in [9.17, 15) is 9.59 Å². The maximum Gasteiger partial charge on any atom is 0.252 e. The predicted octanol–water partition coefficient (Wildman–Crippen LogP) is 2.46. The number of amides is 2. The molecule has 28 heavy (non-hydrogen) atoms. The molecule has 0 radical (unpaired) electrons. The van der Waals surface area contributed by atoms with Crippen LogP contribution in [0.4, 0.5) is 0 Å². The Balaban J connectivity index is 1.49. The van der Waals surface area contributed by atoms with Gasteiger partial charge in [-0.25, -0.2) is 0 Å². The normalized spacial score (nSPS) is 37.0. The highest BCUT2D eigenvalue weighted by Crippen LogP contribution is 2.35. The molecule has 0 aromatic carbocycles. The number of carbonyl (C=O) groups is 2. The van der Waals surface area contributed by atoms with Crippen LogP contribution in [-0.4, -0.2) is 71.1 Å². The lowest BCUT2D eigenvalue weighted by atomic mass is 9.81. The number of hydrogen-bond acceptors (Lipinski definition) is 4. The average molecular weight is 392 g/mol. The lowest BCUT2D eigenvalue weighted by Gasteiger charge is -2.54. The molecule has 0 spiro atoms. The third-order valence-corrected chi connectivity index (χ3v) is 7.40. The zero-order valence-corrected chi connectivity index (χ0v) is 17.6. The van der Waals surface area contributed by atoms with E-state index in [4.69, 9.17) is 4.74 Å². The largest absolute Gasteiger partial charge is 0.368 e. The van der Waals surface area contributed by atoms with Gasteiger partial charge in [0, 0.05) is 38.2 Å². The molecule has 2 aliphatic heterocycles. The van der Waals surface area contributed by atoms with Crippen molar-refractivity contribution in [2.45, 2.75) is 114 Å². The molecule has 158 valence electrons. The quantitative estimate of drug-likeness (QED) is 0.803. The van der Waals surface area contributed by atoms with Crippen molar-refractivity contribution in [3.63, 3.8) is 0 Å². The Kier molecular flexibility index (Phi) is 6.26. The summed E-state index contributed by atoms with van der Waals surface area (Å²) in [6.07, 6.45) is 11.1. The molecule has 4 fully saturated rings. The van der Waals surface area contributed by atoms with Crippen LogP contribution in [0, 0.1) is 0 Å². The van der Waals surface area contributed by atoms with Gasteiger partial charge in [-0.1, -0.05) is 19.3 Å². The molecule has 2 aliphatic carbocycles. The number of rotatable bonds is 3. The highest BCUT2D eigenvalue weighted by molar-refractivity contribution is 5.82. The maximum absolute atomic E-state index is 13.3. The monoisotopic (exact) mass is 391 g/mol. The molecule has 5 atom stereocenters. The number of nitrogens with one attached hydrogen (secondary N) is 1. The first-order valence-corrected chi connectivity index (χ1v) is 11.5. The maximum atomic E-state index is 13.3. The summed E-state index contributed by atoms with van der Waals surface area (Å²) in [5, 5.41) is 3.90. The van der Waals surface area contributed by atoms with Crippen molar-refractivity contribution in [2.75, 3.05) is 13.2 Å². The Labute approximate surface area is 169 Å². The van der Waals surface area contributed by atoms with E-state index in [1.165, 1.54) is 32.1 Å². The molecule has 0 bridgehead atoms. The molecule has 4 unspecified atom stereocenters. The van der Waals surface area contributed by atoms with Crippen LogP contribution in [0.3, 0.4) is 0 Å². The Morgan fingerprint density at radius 1 is 0.929 bits per heavy atom. The van der Waals surface area contributed by atoms with E-state index in [-0.39, 0.29) is 36.0 Å². The van der Waals surface area contributed by atoms with E-state index in [0.717, 1.165) is 32.1 Å². The third-order valence-electron chi connectivity index (χ3n) is 7.40. The van der Waals surface area contributed by atoms with Crippen molar-refractivity contribution >= 4 is 11.8 Å². The van der Waals surface area contributed by atoms with Crippen molar-refractivity contribution < 1.29 is 14.3 Å². The number of hydrogen-bond donors (Lipinski definition) is 1. The molecule has 2 saturated heterocycles. The number of carbonyl (C=O) groups excluding carboxylic acids is 2. The van der Waals surface area contributed by atoms with Crippen LogP contribution < -0.4 is 5.32 Å². The Morgan fingerprint density at radius 2 is 1.71 bits per heavy atom. The third kappa shape index (κ3) is 4.09. The van der Waals surface area contributed by atoms with Crippen molar-refractivity contribution in [3.8, 4) is 0 Å². The lowest BCUT2D eigenvalue weighted by molar-refractivity contribution is -0.159. The van der Waals surface area contributed by atoms with Crippen molar-refractivity contribution in [2.24, 2.45) is 0 Å². The van der Waals surface area contributed by atoms with Gasteiger partial charge in [-0.2, -0.15) is 0 Å². The van der Waals surface area contributed by atoms with Crippen LogP contribution >= 0.6 is 0 Å². The van der Waals surface area contributed by atoms with Gasteiger partial charge in [0.15, 0.2) is 0 Å². The van der Waals surface area contributed by atoms with Gasteiger partial charge in [0.25, 0.3) is 5.91 Å². The minimum absolute atomic E-state index is 0.0759. The van der Waals surface area contributed by atoms with Crippen LogP contribution in [0.2, 0.25) is 0 Å². The predicted molar refractivity (Wildman–Crippen MR) is 108 cm³/mol. The molecule has 6 nitrogen and oxygen atoms in total. The summed E-state index contributed by atoms with van der Waals surface area (Å²) < 4.78 is 5.72. The molecule has 2 saturated carbocycles. The fraction of sp³-hybridized carbons (Fsp3) is 0.909. The zero-order chi connectivity index (χ0) is 19.7. The van der Waals surface area contributed by atoms with Gasteiger partial charge in [0.2, 0.25) is 5.91 Å². The van der Waals surface area contributed by atoms with Crippen LogP contribution in [-0.2, 0) is 14.3 Å². The highest BCUT2D eigenvalue weighted by Gasteiger charge is 2.47. The summed E-state index contributed by atoms with van der Waals surface area (Å²) in [5.74, 6) is 0.297. The van der Waals surface area contributed by atoms with Crippen LogP contribution in [0.25, 0.3) is 0 Å². The molecule has 1 N–H and O–H groups in total.